The quantitative estimate of drug-likeness (QED) is 0.614. The van der Waals surface area contributed by atoms with E-state index in [2.05, 4.69) is 5.32 Å². The summed E-state index contributed by atoms with van der Waals surface area (Å²) in [6.45, 7) is 0. The number of ether oxygens (including phenoxy) is 3. The van der Waals surface area contributed by atoms with Crippen molar-refractivity contribution in [2.45, 2.75) is 6.42 Å². The highest BCUT2D eigenvalue weighted by atomic mass is 35.5. The van der Waals surface area contributed by atoms with Crippen LogP contribution in [0.1, 0.15) is 16.7 Å². The van der Waals surface area contributed by atoms with Crippen molar-refractivity contribution in [2.75, 3.05) is 32.5 Å². The van der Waals surface area contributed by atoms with Gasteiger partial charge in [-0.1, -0.05) is 6.07 Å². The zero-order valence-corrected chi connectivity index (χ0v) is 15.6. The number of hydrogen-bond acceptors (Lipinski definition) is 4. The number of carbonyl (C=O) groups excluding carboxylic acids is 1. The number of rotatable bonds is 6. The molecule has 5 nitrogen and oxygen atoms in total. The van der Waals surface area contributed by atoms with E-state index in [0.717, 1.165) is 28.8 Å². The molecular weight excluding hydrogens is 354 g/mol. The molecule has 1 aliphatic rings. The molecule has 136 valence electrons. The Hall–Kier alpha value is -2.66. The van der Waals surface area contributed by atoms with Crippen LogP contribution < -0.4 is 19.5 Å². The van der Waals surface area contributed by atoms with Crippen LogP contribution in [0, 0.1) is 0 Å². The summed E-state index contributed by atoms with van der Waals surface area (Å²) in [7, 11) is 4.67. The lowest BCUT2D eigenvalue weighted by molar-refractivity contribution is -0.110. The lowest BCUT2D eigenvalue weighted by Gasteiger charge is -2.13. The van der Waals surface area contributed by atoms with E-state index in [1.54, 1.807) is 21.3 Å². The van der Waals surface area contributed by atoms with E-state index >= 15 is 0 Å². The van der Waals surface area contributed by atoms with Gasteiger partial charge in [0.25, 0.3) is 5.91 Å². The Balaban J connectivity index is 2.09. The number of aryl methyl sites for hydroxylation is 1. The highest BCUT2D eigenvalue weighted by Gasteiger charge is 2.24. The van der Waals surface area contributed by atoms with Gasteiger partial charge in [-0.3, -0.25) is 4.79 Å². The number of amides is 1. The average Bonchev–Trinajstić information content (AvgIpc) is 2.96. The molecule has 1 amide bonds. The number of hydrogen-bond donors (Lipinski definition) is 1. The standard InChI is InChI=1S/C20H20ClNO4/c1-24-17-10-13(11-18(25-2)19(17)26-3)9-15-14-8-12(6-7-21)4-5-16(14)22-20(15)23/h4-5,8-11H,6-7H2,1-3H3,(H,22,23). The lowest BCUT2D eigenvalue weighted by Crippen LogP contribution is -2.03. The van der Waals surface area contributed by atoms with Crippen molar-refractivity contribution in [2.24, 2.45) is 0 Å². The van der Waals surface area contributed by atoms with Crippen molar-refractivity contribution >= 4 is 34.8 Å². The molecule has 0 fully saturated rings. The van der Waals surface area contributed by atoms with Gasteiger partial charge in [0.2, 0.25) is 5.75 Å². The van der Waals surface area contributed by atoms with Crippen LogP contribution >= 0.6 is 11.6 Å². The van der Waals surface area contributed by atoms with Crippen molar-refractivity contribution in [1.29, 1.82) is 0 Å². The Morgan fingerprint density at radius 1 is 1.04 bits per heavy atom. The predicted molar refractivity (Wildman–Crippen MR) is 103 cm³/mol. The maximum atomic E-state index is 12.4. The highest BCUT2D eigenvalue weighted by Crippen LogP contribution is 2.40. The van der Waals surface area contributed by atoms with Crippen LogP contribution in [0.2, 0.25) is 0 Å². The smallest absolute Gasteiger partial charge is 0.256 e. The van der Waals surface area contributed by atoms with Gasteiger partial charge in [-0.05, 0) is 47.9 Å². The maximum absolute atomic E-state index is 12.4. The summed E-state index contributed by atoms with van der Waals surface area (Å²) in [5, 5.41) is 2.89. The summed E-state index contributed by atoms with van der Waals surface area (Å²) in [5.74, 6) is 1.97. The van der Waals surface area contributed by atoms with E-state index in [-0.39, 0.29) is 5.91 Å². The number of alkyl halides is 1. The highest BCUT2D eigenvalue weighted by molar-refractivity contribution is 6.35. The van der Waals surface area contributed by atoms with Gasteiger partial charge in [-0.2, -0.15) is 0 Å². The van der Waals surface area contributed by atoms with Gasteiger partial charge < -0.3 is 19.5 Å². The van der Waals surface area contributed by atoms with Crippen LogP contribution in [0.4, 0.5) is 5.69 Å². The van der Waals surface area contributed by atoms with Gasteiger partial charge in [0, 0.05) is 22.7 Å². The second-order valence-electron chi connectivity index (χ2n) is 5.79. The fourth-order valence-electron chi connectivity index (χ4n) is 2.99. The van der Waals surface area contributed by atoms with Gasteiger partial charge in [-0.15, -0.1) is 11.6 Å². The molecule has 0 atom stereocenters. The minimum atomic E-state index is -0.142. The van der Waals surface area contributed by atoms with Crippen molar-refractivity contribution < 1.29 is 19.0 Å². The third kappa shape index (κ3) is 3.35. The molecule has 26 heavy (non-hydrogen) atoms. The third-order valence-corrected chi connectivity index (χ3v) is 4.44. The molecular formula is C20H20ClNO4. The van der Waals surface area contributed by atoms with E-state index in [9.17, 15) is 4.79 Å². The Labute approximate surface area is 157 Å². The van der Waals surface area contributed by atoms with E-state index in [1.807, 2.05) is 36.4 Å². The Morgan fingerprint density at radius 3 is 2.31 bits per heavy atom. The van der Waals surface area contributed by atoms with Crippen molar-refractivity contribution in [1.82, 2.24) is 0 Å². The zero-order chi connectivity index (χ0) is 18.7. The Kier molecular flexibility index (Phi) is 5.38. The Bertz CT molecular complexity index is 851. The van der Waals surface area contributed by atoms with Gasteiger partial charge in [-0.25, -0.2) is 0 Å². The minimum Gasteiger partial charge on any atom is -0.493 e. The summed E-state index contributed by atoms with van der Waals surface area (Å²) < 4.78 is 16.1. The monoisotopic (exact) mass is 373 g/mol. The topological polar surface area (TPSA) is 56.8 Å². The van der Waals surface area contributed by atoms with Crippen molar-refractivity contribution in [3.63, 3.8) is 0 Å². The minimum absolute atomic E-state index is 0.142. The normalized spacial score (nSPS) is 14.2. The molecule has 1 heterocycles. The number of carbonyl (C=O) groups is 1. The first-order chi connectivity index (χ1) is 12.6. The molecule has 0 unspecified atom stereocenters. The maximum Gasteiger partial charge on any atom is 0.256 e. The second kappa shape index (κ2) is 7.70. The number of anilines is 1. The summed E-state index contributed by atoms with van der Waals surface area (Å²) in [4.78, 5) is 12.4. The average molecular weight is 374 g/mol. The van der Waals surface area contributed by atoms with Gasteiger partial charge >= 0.3 is 0 Å². The molecule has 0 saturated heterocycles. The third-order valence-electron chi connectivity index (χ3n) is 4.25. The Morgan fingerprint density at radius 2 is 1.73 bits per heavy atom. The van der Waals surface area contributed by atoms with E-state index in [0.29, 0.717) is 28.7 Å². The molecule has 0 bridgehead atoms. The molecule has 6 heteroatoms. The molecule has 0 saturated carbocycles. The molecule has 0 radical (unpaired) electrons. The molecule has 0 aliphatic carbocycles. The largest absolute Gasteiger partial charge is 0.493 e. The first-order valence-electron chi connectivity index (χ1n) is 8.13. The molecule has 3 rings (SSSR count). The fourth-order valence-corrected chi connectivity index (χ4v) is 3.21. The molecule has 2 aromatic rings. The number of halogens is 1. The molecule has 2 aromatic carbocycles. The summed E-state index contributed by atoms with van der Waals surface area (Å²) in [6, 6.07) is 9.50. The van der Waals surface area contributed by atoms with Crippen molar-refractivity contribution in [3.05, 3.63) is 47.0 Å². The fraction of sp³-hybridized carbons (Fsp3) is 0.250. The summed E-state index contributed by atoms with van der Waals surface area (Å²) in [5.41, 5.74) is 4.12. The second-order valence-corrected chi connectivity index (χ2v) is 6.17. The molecule has 0 aromatic heterocycles. The van der Waals surface area contributed by atoms with Crippen LogP contribution in [-0.2, 0) is 11.2 Å². The molecule has 1 N–H and O–H groups in total. The van der Waals surface area contributed by atoms with Crippen LogP contribution in [0.25, 0.3) is 11.6 Å². The van der Waals surface area contributed by atoms with Gasteiger partial charge in [0.15, 0.2) is 11.5 Å². The summed E-state index contributed by atoms with van der Waals surface area (Å²) in [6.07, 6.45) is 2.57. The molecule has 0 spiro atoms. The number of methoxy groups -OCH3 is 3. The first-order valence-corrected chi connectivity index (χ1v) is 8.67. The SMILES string of the molecule is COc1cc(C=C2C(=O)Nc3ccc(CCCl)cc32)cc(OC)c1OC. The van der Waals surface area contributed by atoms with Crippen LogP contribution in [0.3, 0.4) is 0 Å². The number of nitrogens with one attached hydrogen (secondary N) is 1. The van der Waals surface area contributed by atoms with E-state index in [1.165, 1.54) is 0 Å². The lowest BCUT2D eigenvalue weighted by atomic mass is 10.0. The summed E-state index contributed by atoms with van der Waals surface area (Å²) >= 11 is 5.84. The van der Waals surface area contributed by atoms with Gasteiger partial charge in [0.05, 0.1) is 21.3 Å². The van der Waals surface area contributed by atoms with Gasteiger partial charge in [0.1, 0.15) is 0 Å². The number of fused-ring (bicyclic) bond motifs is 1. The van der Waals surface area contributed by atoms with Crippen LogP contribution in [0.15, 0.2) is 30.3 Å². The van der Waals surface area contributed by atoms with Crippen LogP contribution in [-0.4, -0.2) is 33.1 Å². The molecule has 1 aliphatic heterocycles. The van der Waals surface area contributed by atoms with E-state index < -0.39 is 0 Å². The number of benzene rings is 2. The van der Waals surface area contributed by atoms with Crippen molar-refractivity contribution in [3.8, 4) is 17.2 Å². The van der Waals surface area contributed by atoms with Crippen LogP contribution in [0.5, 0.6) is 17.2 Å². The zero-order valence-electron chi connectivity index (χ0n) is 14.9. The first kappa shape index (κ1) is 18.1. The predicted octanol–water partition coefficient (Wildman–Crippen LogP) is 3.99. The van der Waals surface area contributed by atoms with E-state index in [4.69, 9.17) is 25.8 Å².